The molecular formula is C12H24N2. The van der Waals surface area contributed by atoms with Crippen molar-refractivity contribution in [1.82, 2.24) is 5.32 Å². The first-order valence-electron chi connectivity index (χ1n) is 5.03. The summed E-state index contributed by atoms with van der Waals surface area (Å²) in [4.78, 5) is 2.08. The summed E-state index contributed by atoms with van der Waals surface area (Å²) in [5.41, 5.74) is 1.25. The monoisotopic (exact) mass is 196 g/mol. The topological polar surface area (TPSA) is 15.3 Å². The minimum absolute atomic E-state index is 1.25. The van der Waals surface area contributed by atoms with Crippen molar-refractivity contribution in [2.24, 2.45) is 0 Å². The van der Waals surface area contributed by atoms with Crippen LogP contribution in [0.4, 0.5) is 5.69 Å². The van der Waals surface area contributed by atoms with E-state index in [0.29, 0.717) is 0 Å². The quantitative estimate of drug-likeness (QED) is 0.743. The van der Waals surface area contributed by atoms with E-state index in [9.17, 15) is 0 Å². The van der Waals surface area contributed by atoms with Gasteiger partial charge in [0.2, 0.25) is 0 Å². The summed E-state index contributed by atoms with van der Waals surface area (Å²) >= 11 is 0. The molecule has 1 rings (SSSR count). The fourth-order valence-electron chi connectivity index (χ4n) is 0.726. The summed E-state index contributed by atoms with van der Waals surface area (Å²) in [6.07, 6.45) is 0. The van der Waals surface area contributed by atoms with Gasteiger partial charge in [-0.05, 0) is 26.2 Å². The van der Waals surface area contributed by atoms with Gasteiger partial charge in [-0.2, -0.15) is 0 Å². The summed E-state index contributed by atoms with van der Waals surface area (Å²) in [6, 6.07) is 10.3. The van der Waals surface area contributed by atoms with Gasteiger partial charge in [0.05, 0.1) is 0 Å². The van der Waals surface area contributed by atoms with Gasteiger partial charge in [0.1, 0.15) is 0 Å². The van der Waals surface area contributed by atoms with Crippen molar-refractivity contribution in [2.75, 3.05) is 33.1 Å². The molecule has 0 amide bonds. The van der Waals surface area contributed by atoms with E-state index < -0.39 is 0 Å². The van der Waals surface area contributed by atoms with E-state index >= 15 is 0 Å². The van der Waals surface area contributed by atoms with Gasteiger partial charge in [0.15, 0.2) is 0 Å². The minimum Gasteiger partial charge on any atom is -0.378 e. The van der Waals surface area contributed by atoms with E-state index in [1.54, 1.807) is 0 Å². The van der Waals surface area contributed by atoms with Crippen LogP contribution in [-0.4, -0.2) is 28.2 Å². The highest BCUT2D eigenvalue weighted by Crippen LogP contribution is 2.07. The van der Waals surface area contributed by atoms with Crippen molar-refractivity contribution < 1.29 is 0 Å². The van der Waals surface area contributed by atoms with Gasteiger partial charge in [-0.15, -0.1) is 0 Å². The van der Waals surface area contributed by atoms with E-state index in [2.05, 4.69) is 22.3 Å². The maximum atomic E-state index is 2.75. The number of anilines is 1. The lowest BCUT2D eigenvalue weighted by Gasteiger charge is -2.10. The Morgan fingerprint density at radius 3 is 1.50 bits per heavy atom. The van der Waals surface area contributed by atoms with Crippen LogP contribution >= 0.6 is 0 Å². The zero-order chi connectivity index (χ0) is 11.4. The molecule has 0 saturated heterocycles. The number of para-hydroxylation sites is 1. The molecule has 2 heteroatoms. The first-order valence-corrected chi connectivity index (χ1v) is 5.03. The smallest absolute Gasteiger partial charge is 0.0360 e. The van der Waals surface area contributed by atoms with E-state index in [1.165, 1.54) is 5.69 Å². The van der Waals surface area contributed by atoms with E-state index in [-0.39, 0.29) is 0 Å². The summed E-state index contributed by atoms with van der Waals surface area (Å²) < 4.78 is 0. The maximum Gasteiger partial charge on any atom is 0.0360 e. The van der Waals surface area contributed by atoms with Crippen LogP contribution in [-0.2, 0) is 0 Å². The molecule has 0 fully saturated rings. The van der Waals surface area contributed by atoms with Gasteiger partial charge in [-0.3, -0.25) is 0 Å². The van der Waals surface area contributed by atoms with Crippen molar-refractivity contribution in [3.63, 3.8) is 0 Å². The summed E-state index contributed by atoms with van der Waals surface area (Å²) in [7, 11) is 7.82. The lowest BCUT2D eigenvalue weighted by atomic mass is 10.3. The number of hydrogen-bond acceptors (Lipinski definition) is 2. The second-order valence-corrected chi connectivity index (χ2v) is 2.73. The lowest BCUT2D eigenvalue weighted by Crippen LogP contribution is -2.07. The summed E-state index contributed by atoms with van der Waals surface area (Å²) in [5.74, 6) is 0. The first kappa shape index (κ1) is 15.5. The van der Waals surface area contributed by atoms with E-state index in [4.69, 9.17) is 0 Å². The van der Waals surface area contributed by atoms with E-state index in [1.807, 2.05) is 60.2 Å². The highest BCUT2D eigenvalue weighted by Gasteiger charge is 1.87. The van der Waals surface area contributed by atoms with Crippen LogP contribution in [0.3, 0.4) is 0 Å². The summed E-state index contributed by atoms with van der Waals surface area (Å²) in [6.45, 7) is 4.00. The molecule has 1 N–H and O–H groups in total. The first-order chi connectivity index (χ1) is 6.72. The zero-order valence-electron chi connectivity index (χ0n) is 10.3. The molecule has 0 saturated carbocycles. The molecular weight excluding hydrogens is 172 g/mol. The molecule has 2 nitrogen and oxygen atoms in total. The normalized spacial score (nSPS) is 7.57. The molecule has 0 spiro atoms. The van der Waals surface area contributed by atoms with Crippen molar-refractivity contribution >= 4 is 5.69 Å². The molecule has 0 radical (unpaired) electrons. The molecule has 0 aliphatic rings. The molecule has 0 atom stereocenters. The van der Waals surface area contributed by atoms with Crippen LogP contribution in [0, 0.1) is 0 Å². The third-order valence-corrected chi connectivity index (χ3v) is 1.27. The standard InChI is InChI=1S/C8H11N.C2H7N.C2H6/c1-9(2)8-6-4-3-5-7-8;1-3-2;1-2/h3-7H,1-2H3;3H,1-2H3;1-2H3. The molecule has 14 heavy (non-hydrogen) atoms. The average Bonchev–Trinajstić information content (AvgIpc) is 2.23. The van der Waals surface area contributed by atoms with Crippen molar-refractivity contribution in [2.45, 2.75) is 13.8 Å². The van der Waals surface area contributed by atoms with Crippen molar-refractivity contribution in [3.8, 4) is 0 Å². The number of benzene rings is 1. The van der Waals surface area contributed by atoms with Gasteiger partial charge in [-0.25, -0.2) is 0 Å². The highest BCUT2D eigenvalue weighted by atomic mass is 15.1. The highest BCUT2D eigenvalue weighted by molar-refractivity contribution is 5.43. The number of rotatable bonds is 1. The molecule has 0 aliphatic carbocycles. The molecule has 82 valence electrons. The molecule has 1 aromatic carbocycles. The number of hydrogen-bond donors (Lipinski definition) is 1. The minimum atomic E-state index is 1.25. The third kappa shape index (κ3) is 9.07. The predicted molar refractivity (Wildman–Crippen MR) is 67.1 cm³/mol. The zero-order valence-corrected chi connectivity index (χ0v) is 10.3. The maximum absolute atomic E-state index is 2.75. The van der Waals surface area contributed by atoms with Crippen LogP contribution < -0.4 is 10.2 Å². The second kappa shape index (κ2) is 12.0. The van der Waals surface area contributed by atoms with Crippen molar-refractivity contribution in [3.05, 3.63) is 30.3 Å². The molecule has 0 bridgehead atoms. The van der Waals surface area contributed by atoms with Crippen LogP contribution in [0.15, 0.2) is 30.3 Å². The van der Waals surface area contributed by atoms with E-state index in [0.717, 1.165) is 0 Å². The predicted octanol–water partition coefficient (Wildman–Crippen LogP) is 2.61. The molecule has 0 unspecified atom stereocenters. The molecule has 0 aliphatic heterocycles. The van der Waals surface area contributed by atoms with Crippen LogP contribution in [0.2, 0.25) is 0 Å². The van der Waals surface area contributed by atoms with Crippen LogP contribution in [0.25, 0.3) is 0 Å². The van der Waals surface area contributed by atoms with Gasteiger partial charge in [0, 0.05) is 19.8 Å². The Hall–Kier alpha value is -1.02. The Morgan fingerprint density at radius 1 is 0.929 bits per heavy atom. The fraction of sp³-hybridized carbons (Fsp3) is 0.500. The SMILES string of the molecule is CC.CN(C)c1ccccc1.CNC. The van der Waals surface area contributed by atoms with Gasteiger partial charge >= 0.3 is 0 Å². The van der Waals surface area contributed by atoms with Crippen LogP contribution in [0.1, 0.15) is 13.8 Å². The third-order valence-electron chi connectivity index (χ3n) is 1.27. The Morgan fingerprint density at radius 2 is 1.29 bits per heavy atom. The van der Waals surface area contributed by atoms with Gasteiger partial charge in [-0.1, -0.05) is 32.0 Å². The Labute approximate surface area is 88.9 Å². The van der Waals surface area contributed by atoms with Crippen LogP contribution in [0.5, 0.6) is 0 Å². The lowest BCUT2D eigenvalue weighted by molar-refractivity contribution is 1.02. The summed E-state index contributed by atoms with van der Waals surface area (Å²) in [5, 5.41) is 2.75. The second-order valence-electron chi connectivity index (χ2n) is 2.73. The Kier molecular flexibility index (Phi) is 13.2. The van der Waals surface area contributed by atoms with Gasteiger partial charge < -0.3 is 10.2 Å². The Balaban J connectivity index is 0. The number of nitrogens with zero attached hydrogens (tertiary/aromatic N) is 1. The molecule has 0 heterocycles. The number of nitrogens with one attached hydrogen (secondary N) is 1. The average molecular weight is 196 g/mol. The fourth-order valence-corrected chi connectivity index (χ4v) is 0.726. The Bertz CT molecular complexity index is 183. The van der Waals surface area contributed by atoms with Crippen molar-refractivity contribution in [1.29, 1.82) is 0 Å². The largest absolute Gasteiger partial charge is 0.378 e. The molecule has 1 aromatic rings. The van der Waals surface area contributed by atoms with Gasteiger partial charge in [0.25, 0.3) is 0 Å². The molecule has 0 aromatic heterocycles.